The maximum Gasteiger partial charge on any atom is 0.278 e. The summed E-state index contributed by atoms with van der Waals surface area (Å²) < 4.78 is 33.6. The molecule has 0 atom stereocenters. The number of carbonyl (C=O) groups excluding carboxylic acids is 1. The maximum absolute atomic E-state index is 13.6. The summed E-state index contributed by atoms with van der Waals surface area (Å²) in [4.78, 5) is 30.6. The van der Waals surface area contributed by atoms with E-state index in [1.807, 2.05) is 12.1 Å². The summed E-state index contributed by atoms with van der Waals surface area (Å²) in [5.74, 6) is -3.44. The van der Waals surface area contributed by atoms with E-state index in [9.17, 15) is 23.5 Å². The zero-order valence-electron chi connectivity index (χ0n) is 17.4. The molecule has 1 N–H and O–H groups in total. The van der Waals surface area contributed by atoms with Gasteiger partial charge in [-0.15, -0.1) is 0 Å². The van der Waals surface area contributed by atoms with Gasteiger partial charge >= 0.3 is 0 Å². The molecular formula is C23H20F2N4O4. The Morgan fingerprint density at radius 1 is 1.09 bits per heavy atom. The third kappa shape index (κ3) is 4.69. The minimum atomic E-state index is -1.07. The summed E-state index contributed by atoms with van der Waals surface area (Å²) in [6.07, 6.45) is 6.28. The molecule has 0 saturated heterocycles. The molecular weight excluding hydrogens is 434 g/mol. The molecule has 0 fully saturated rings. The van der Waals surface area contributed by atoms with Crippen LogP contribution in [0.4, 0.5) is 8.78 Å². The molecule has 8 nitrogen and oxygen atoms in total. The second-order valence-corrected chi connectivity index (χ2v) is 7.21. The van der Waals surface area contributed by atoms with Crippen LogP contribution in [0.5, 0.6) is 11.5 Å². The molecule has 0 unspecified atom stereocenters. The Balaban J connectivity index is 1.49. The molecule has 1 aliphatic rings. The second kappa shape index (κ2) is 9.51. The smallest absolute Gasteiger partial charge is 0.278 e. The van der Waals surface area contributed by atoms with Crippen LogP contribution in [0, 0.1) is 11.6 Å². The lowest BCUT2D eigenvalue weighted by Gasteiger charge is -2.39. The van der Waals surface area contributed by atoms with Crippen LogP contribution < -0.4 is 15.2 Å². The number of benzene rings is 1. The van der Waals surface area contributed by atoms with Crippen LogP contribution in [0.2, 0.25) is 0 Å². The van der Waals surface area contributed by atoms with E-state index in [2.05, 4.69) is 4.98 Å². The molecule has 170 valence electrons. The first-order valence-electron chi connectivity index (χ1n) is 10.1. The van der Waals surface area contributed by atoms with E-state index in [4.69, 9.17) is 4.74 Å². The average Bonchev–Trinajstić information content (AvgIpc) is 2.81. The highest BCUT2D eigenvalue weighted by atomic mass is 19.2. The van der Waals surface area contributed by atoms with Gasteiger partial charge in [0.1, 0.15) is 13.3 Å². The van der Waals surface area contributed by atoms with Gasteiger partial charge in [0.05, 0.1) is 12.2 Å². The summed E-state index contributed by atoms with van der Waals surface area (Å²) in [7, 11) is 0. The zero-order valence-corrected chi connectivity index (χ0v) is 17.4. The monoisotopic (exact) mass is 454 g/mol. The predicted molar refractivity (Wildman–Crippen MR) is 115 cm³/mol. The van der Waals surface area contributed by atoms with Crippen molar-refractivity contribution in [3.05, 3.63) is 100 Å². The number of rotatable bonds is 7. The molecule has 10 heteroatoms. The van der Waals surface area contributed by atoms with Gasteiger partial charge < -0.3 is 14.7 Å². The topological polar surface area (TPSA) is 87.9 Å². The van der Waals surface area contributed by atoms with Crippen molar-refractivity contribution in [1.29, 1.82) is 0 Å². The fourth-order valence-electron chi connectivity index (χ4n) is 3.38. The average molecular weight is 454 g/mol. The van der Waals surface area contributed by atoms with Crippen LogP contribution in [0.15, 0.2) is 71.8 Å². The summed E-state index contributed by atoms with van der Waals surface area (Å²) in [6.45, 7) is 0.580. The lowest BCUT2D eigenvalue weighted by atomic mass is 10.2. The molecule has 3 aromatic rings. The van der Waals surface area contributed by atoms with Crippen LogP contribution in [0.25, 0.3) is 0 Å². The van der Waals surface area contributed by atoms with Gasteiger partial charge in [0, 0.05) is 25.0 Å². The number of ether oxygens (including phenoxy) is 1. The lowest BCUT2D eigenvalue weighted by Crippen LogP contribution is -2.53. The minimum absolute atomic E-state index is 0.0403. The largest absolute Gasteiger partial charge is 0.502 e. The Bertz CT molecular complexity index is 1250. The highest BCUT2D eigenvalue weighted by Gasteiger charge is 2.31. The van der Waals surface area contributed by atoms with Gasteiger partial charge in [0.25, 0.3) is 5.91 Å². The standard InChI is InChI=1S/C23H20F2N4O4/c24-17-7-5-8-19(20(17)25)33-13-4-3-11-27-15-28(14-16-6-1-2-10-26-16)29-12-9-18(30)22(31)21(29)23(27)32/h1-10,12,31H,11,13-15H2/b4-3+. The number of fused-ring (bicyclic) bond motifs is 1. The molecule has 4 rings (SSSR count). The van der Waals surface area contributed by atoms with Crippen LogP contribution in [-0.2, 0) is 6.54 Å². The van der Waals surface area contributed by atoms with Crippen molar-refractivity contribution in [2.24, 2.45) is 0 Å². The van der Waals surface area contributed by atoms with Crippen molar-refractivity contribution in [2.75, 3.05) is 24.8 Å². The van der Waals surface area contributed by atoms with Crippen LogP contribution in [0.3, 0.4) is 0 Å². The van der Waals surface area contributed by atoms with E-state index in [-0.39, 0.29) is 31.3 Å². The van der Waals surface area contributed by atoms with E-state index >= 15 is 0 Å². The Morgan fingerprint density at radius 2 is 1.94 bits per heavy atom. The number of aromatic hydroxyl groups is 1. The molecule has 2 aromatic heterocycles. The lowest BCUT2D eigenvalue weighted by molar-refractivity contribution is 0.0706. The predicted octanol–water partition coefficient (Wildman–Crippen LogP) is 2.41. The Labute approximate surface area is 187 Å². The third-order valence-electron chi connectivity index (χ3n) is 5.00. The first-order valence-corrected chi connectivity index (χ1v) is 10.1. The SMILES string of the molecule is O=C1c2c(O)c(=O)ccn2N(Cc2ccccn2)CN1C/C=C/COc1cccc(F)c1F. The summed E-state index contributed by atoms with van der Waals surface area (Å²) in [6, 6.07) is 10.3. The van der Waals surface area contributed by atoms with Crippen molar-refractivity contribution >= 4 is 5.91 Å². The van der Waals surface area contributed by atoms with Crippen LogP contribution in [0.1, 0.15) is 16.2 Å². The van der Waals surface area contributed by atoms with Gasteiger partial charge in [-0.3, -0.25) is 24.3 Å². The van der Waals surface area contributed by atoms with Crippen molar-refractivity contribution in [3.8, 4) is 11.5 Å². The van der Waals surface area contributed by atoms with Crippen LogP contribution in [-0.4, -0.2) is 45.4 Å². The third-order valence-corrected chi connectivity index (χ3v) is 5.00. The second-order valence-electron chi connectivity index (χ2n) is 7.21. The van der Waals surface area contributed by atoms with Crippen molar-refractivity contribution in [3.63, 3.8) is 0 Å². The van der Waals surface area contributed by atoms with Gasteiger partial charge in [0.15, 0.2) is 23.0 Å². The Morgan fingerprint density at radius 3 is 2.73 bits per heavy atom. The normalized spacial score (nSPS) is 13.5. The first kappa shape index (κ1) is 22.0. The number of hydrogen-bond acceptors (Lipinski definition) is 6. The van der Waals surface area contributed by atoms with E-state index in [1.165, 1.54) is 34.0 Å². The van der Waals surface area contributed by atoms with E-state index in [0.29, 0.717) is 6.54 Å². The molecule has 0 aliphatic carbocycles. The van der Waals surface area contributed by atoms with Gasteiger partial charge in [-0.25, -0.2) is 4.39 Å². The van der Waals surface area contributed by atoms with Crippen molar-refractivity contribution < 1.29 is 23.4 Å². The summed E-state index contributed by atoms with van der Waals surface area (Å²) >= 11 is 0. The number of amides is 1. The van der Waals surface area contributed by atoms with Crippen molar-refractivity contribution in [1.82, 2.24) is 14.6 Å². The Kier molecular flexibility index (Phi) is 6.34. The highest BCUT2D eigenvalue weighted by molar-refractivity contribution is 5.96. The molecule has 1 aliphatic heterocycles. The minimum Gasteiger partial charge on any atom is -0.502 e. The van der Waals surface area contributed by atoms with E-state index < -0.39 is 28.7 Å². The highest BCUT2D eigenvalue weighted by Crippen LogP contribution is 2.21. The molecule has 0 bridgehead atoms. The number of halogens is 2. The number of carbonyl (C=O) groups is 1. The molecule has 1 aromatic carbocycles. The zero-order chi connectivity index (χ0) is 23.4. The fourth-order valence-corrected chi connectivity index (χ4v) is 3.38. The molecule has 33 heavy (non-hydrogen) atoms. The quantitative estimate of drug-likeness (QED) is 0.552. The van der Waals surface area contributed by atoms with Crippen LogP contribution >= 0.6 is 0 Å². The molecule has 0 saturated carbocycles. The Hall–Kier alpha value is -4.21. The summed E-state index contributed by atoms with van der Waals surface area (Å²) in [5.41, 5.74) is -0.0662. The van der Waals surface area contributed by atoms with Gasteiger partial charge in [-0.05, 0) is 30.3 Å². The maximum atomic E-state index is 13.6. The van der Waals surface area contributed by atoms with Crippen molar-refractivity contribution in [2.45, 2.75) is 6.54 Å². The van der Waals surface area contributed by atoms with E-state index in [0.717, 1.165) is 11.8 Å². The number of nitrogens with zero attached hydrogens (tertiary/aromatic N) is 4. The molecule has 0 spiro atoms. The van der Waals surface area contributed by atoms with Gasteiger partial charge in [-0.1, -0.05) is 18.2 Å². The first-order chi connectivity index (χ1) is 16.0. The molecule has 1 amide bonds. The molecule has 3 heterocycles. The number of hydrogen-bond donors (Lipinski definition) is 1. The van der Waals surface area contributed by atoms with Gasteiger partial charge in [0.2, 0.25) is 11.2 Å². The fraction of sp³-hybridized carbons (Fsp3) is 0.174. The number of aromatic nitrogens is 2. The molecule has 0 radical (unpaired) electrons. The van der Waals surface area contributed by atoms with Gasteiger partial charge in [-0.2, -0.15) is 4.39 Å². The number of pyridine rings is 2. The van der Waals surface area contributed by atoms with E-state index in [1.54, 1.807) is 29.4 Å². The summed E-state index contributed by atoms with van der Waals surface area (Å²) in [5, 5.41) is 12.0.